The summed E-state index contributed by atoms with van der Waals surface area (Å²) in [6.07, 6.45) is 1.93. The molecule has 0 aliphatic heterocycles. The van der Waals surface area contributed by atoms with Crippen LogP contribution >= 0.6 is 0 Å². The molecule has 1 rings (SSSR count). The Morgan fingerprint density at radius 1 is 0.833 bits per heavy atom. The molecule has 2 amide bonds. The van der Waals surface area contributed by atoms with Gasteiger partial charge in [0.25, 0.3) is 0 Å². The van der Waals surface area contributed by atoms with Gasteiger partial charge >= 0.3 is 12.2 Å². The van der Waals surface area contributed by atoms with E-state index in [4.69, 9.17) is 10.2 Å². The van der Waals surface area contributed by atoms with Crippen molar-refractivity contribution in [2.45, 2.75) is 25.7 Å². The number of rotatable bonds is 6. The van der Waals surface area contributed by atoms with Crippen molar-refractivity contribution in [1.82, 2.24) is 21.7 Å². The second-order valence-electron chi connectivity index (χ2n) is 4.51. The lowest BCUT2D eigenvalue weighted by atomic mass is 9.82. The van der Waals surface area contributed by atoms with E-state index in [-0.39, 0.29) is 0 Å². The fourth-order valence-corrected chi connectivity index (χ4v) is 2.18. The molecule has 1 fully saturated rings. The summed E-state index contributed by atoms with van der Waals surface area (Å²) in [5.74, 6) is 0.945. The van der Waals surface area contributed by atoms with Crippen LogP contribution in [0.4, 0.5) is 9.59 Å². The number of hydrogen-bond donors (Lipinski definition) is 6. The molecule has 0 aromatic carbocycles. The van der Waals surface area contributed by atoms with Crippen LogP contribution < -0.4 is 21.7 Å². The van der Waals surface area contributed by atoms with E-state index in [2.05, 4.69) is 21.7 Å². The molecule has 18 heavy (non-hydrogen) atoms. The van der Waals surface area contributed by atoms with Gasteiger partial charge in [0.1, 0.15) is 0 Å². The van der Waals surface area contributed by atoms with E-state index in [0.29, 0.717) is 24.9 Å². The normalized spacial score (nSPS) is 23.3. The Morgan fingerprint density at radius 2 is 1.17 bits per heavy atom. The number of carbonyl (C=O) groups is 2. The third kappa shape index (κ3) is 6.26. The van der Waals surface area contributed by atoms with Crippen LogP contribution in [0.2, 0.25) is 0 Å². The summed E-state index contributed by atoms with van der Waals surface area (Å²) in [5, 5.41) is 16.8. The van der Waals surface area contributed by atoms with E-state index in [0.717, 1.165) is 25.7 Å². The fraction of sp³-hybridized carbons (Fsp3) is 0.800. The number of nitrogens with one attached hydrogen (secondary N) is 4. The minimum absolute atomic E-state index is 0.473. The molecule has 0 unspecified atom stereocenters. The second-order valence-corrected chi connectivity index (χ2v) is 4.51. The van der Waals surface area contributed by atoms with E-state index in [1.54, 1.807) is 0 Å². The molecule has 1 aliphatic rings. The number of hydrogen-bond acceptors (Lipinski definition) is 4. The van der Waals surface area contributed by atoms with Gasteiger partial charge < -0.3 is 10.2 Å². The summed E-state index contributed by atoms with van der Waals surface area (Å²) in [4.78, 5) is 20.5. The highest BCUT2D eigenvalue weighted by Crippen LogP contribution is 2.27. The summed E-state index contributed by atoms with van der Waals surface area (Å²) < 4.78 is 0. The largest absolute Gasteiger partial charge is 0.464 e. The van der Waals surface area contributed by atoms with Crippen LogP contribution in [-0.4, -0.2) is 35.5 Å². The van der Waals surface area contributed by atoms with Crippen LogP contribution in [0.15, 0.2) is 0 Å². The first kappa shape index (κ1) is 14.5. The molecule has 1 aliphatic carbocycles. The Balaban J connectivity index is 2.05. The molecular formula is C10H20N4O4. The molecule has 6 N–H and O–H groups in total. The Bertz CT molecular complexity index is 251. The fourth-order valence-electron chi connectivity index (χ4n) is 2.18. The van der Waals surface area contributed by atoms with Crippen molar-refractivity contribution >= 4 is 12.2 Å². The van der Waals surface area contributed by atoms with Gasteiger partial charge in [0, 0.05) is 13.1 Å². The molecule has 0 spiro atoms. The third-order valence-corrected chi connectivity index (χ3v) is 3.14. The average Bonchev–Trinajstić information content (AvgIpc) is 2.30. The van der Waals surface area contributed by atoms with Gasteiger partial charge in [-0.2, -0.15) is 0 Å². The second kappa shape index (κ2) is 7.72. The molecule has 0 aromatic heterocycles. The zero-order valence-electron chi connectivity index (χ0n) is 10.1. The van der Waals surface area contributed by atoms with Crippen molar-refractivity contribution in [3.63, 3.8) is 0 Å². The molecule has 8 heteroatoms. The standard InChI is InChI=1S/C10H20N4O4/c15-9(16)13-11-5-7-1-2-8(4-3-7)6-12-14-10(17)18/h7-8,11-14H,1-6H2,(H,15,16)(H,17,18). The molecule has 0 saturated heterocycles. The highest BCUT2D eigenvalue weighted by atomic mass is 16.4. The lowest BCUT2D eigenvalue weighted by molar-refractivity contribution is 0.180. The van der Waals surface area contributed by atoms with Gasteiger partial charge in [-0.3, -0.25) is 10.9 Å². The Hall–Kier alpha value is -1.54. The predicted octanol–water partition coefficient (Wildman–Crippen LogP) is 0.337. The molecular weight excluding hydrogens is 240 g/mol. The van der Waals surface area contributed by atoms with Gasteiger partial charge in [-0.25, -0.2) is 20.4 Å². The first-order valence-corrected chi connectivity index (χ1v) is 6.01. The molecule has 0 radical (unpaired) electrons. The van der Waals surface area contributed by atoms with Crippen LogP contribution in [0.1, 0.15) is 25.7 Å². The SMILES string of the molecule is O=C(O)NNCC1CCC(CNNC(=O)O)CC1. The summed E-state index contributed by atoms with van der Waals surface area (Å²) in [6, 6.07) is 0. The summed E-state index contributed by atoms with van der Waals surface area (Å²) in [7, 11) is 0. The van der Waals surface area contributed by atoms with Crippen molar-refractivity contribution in [1.29, 1.82) is 0 Å². The Kier molecular flexibility index (Phi) is 6.23. The Labute approximate surface area is 105 Å². The van der Waals surface area contributed by atoms with E-state index < -0.39 is 12.2 Å². The monoisotopic (exact) mass is 260 g/mol. The number of carboxylic acid groups (broad SMARTS) is 2. The maximum Gasteiger partial charge on any atom is 0.419 e. The number of hydrazine groups is 2. The highest BCUT2D eigenvalue weighted by Gasteiger charge is 2.20. The summed E-state index contributed by atoms with van der Waals surface area (Å²) >= 11 is 0. The number of amides is 2. The minimum Gasteiger partial charge on any atom is -0.464 e. The van der Waals surface area contributed by atoms with Crippen molar-refractivity contribution < 1.29 is 19.8 Å². The van der Waals surface area contributed by atoms with E-state index in [1.807, 2.05) is 0 Å². The molecule has 8 nitrogen and oxygen atoms in total. The lowest BCUT2D eigenvalue weighted by Crippen LogP contribution is -2.42. The average molecular weight is 260 g/mol. The predicted molar refractivity (Wildman–Crippen MR) is 63.8 cm³/mol. The van der Waals surface area contributed by atoms with Crippen LogP contribution in [0.5, 0.6) is 0 Å². The topological polar surface area (TPSA) is 123 Å². The summed E-state index contributed by atoms with van der Waals surface area (Å²) in [5.41, 5.74) is 9.60. The molecule has 0 bridgehead atoms. The van der Waals surface area contributed by atoms with Crippen LogP contribution in [-0.2, 0) is 0 Å². The van der Waals surface area contributed by atoms with Crippen molar-refractivity contribution in [3.8, 4) is 0 Å². The van der Waals surface area contributed by atoms with Crippen LogP contribution in [0.25, 0.3) is 0 Å². The molecule has 104 valence electrons. The molecule has 0 atom stereocenters. The van der Waals surface area contributed by atoms with Crippen LogP contribution in [0.3, 0.4) is 0 Å². The van der Waals surface area contributed by atoms with Gasteiger partial charge in [0.2, 0.25) is 0 Å². The molecule has 1 saturated carbocycles. The quantitative estimate of drug-likeness (QED) is 0.383. The van der Waals surface area contributed by atoms with E-state index in [1.165, 1.54) is 0 Å². The first-order chi connectivity index (χ1) is 8.58. The lowest BCUT2D eigenvalue weighted by Gasteiger charge is -2.28. The highest BCUT2D eigenvalue weighted by molar-refractivity contribution is 5.63. The van der Waals surface area contributed by atoms with Gasteiger partial charge in [-0.15, -0.1) is 0 Å². The van der Waals surface area contributed by atoms with Crippen molar-refractivity contribution in [3.05, 3.63) is 0 Å². The van der Waals surface area contributed by atoms with Gasteiger partial charge in [0.05, 0.1) is 0 Å². The van der Waals surface area contributed by atoms with Crippen molar-refractivity contribution in [2.75, 3.05) is 13.1 Å². The Morgan fingerprint density at radius 3 is 1.44 bits per heavy atom. The molecule has 0 heterocycles. The smallest absolute Gasteiger partial charge is 0.419 e. The summed E-state index contributed by atoms with van der Waals surface area (Å²) in [6.45, 7) is 1.28. The minimum atomic E-state index is -1.08. The van der Waals surface area contributed by atoms with Crippen molar-refractivity contribution in [2.24, 2.45) is 11.8 Å². The van der Waals surface area contributed by atoms with Gasteiger partial charge in [0.15, 0.2) is 0 Å². The van der Waals surface area contributed by atoms with E-state index in [9.17, 15) is 9.59 Å². The zero-order chi connectivity index (χ0) is 13.4. The van der Waals surface area contributed by atoms with Crippen LogP contribution in [0, 0.1) is 11.8 Å². The van der Waals surface area contributed by atoms with Gasteiger partial charge in [-0.1, -0.05) is 0 Å². The third-order valence-electron chi connectivity index (χ3n) is 3.14. The maximum atomic E-state index is 10.2. The van der Waals surface area contributed by atoms with E-state index >= 15 is 0 Å². The zero-order valence-corrected chi connectivity index (χ0v) is 10.1. The maximum absolute atomic E-state index is 10.2. The van der Waals surface area contributed by atoms with Gasteiger partial charge in [-0.05, 0) is 37.5 Å². The first-order valence-electron chi connectivity index (χ1n) is 6.01. The molecule has 0 aromatic rings.